The number of carboxylic acids is 1. The zero-order chi connectivity index (χ0) is 11.6. The Labute approximate surface area is 90.2 Å². The van der Waals surface area contributed by atoms with E-state index in [1.807, 2.05) is 18.7 Å². The van der Waals surface area contributed by atoms with Gasteiger partial charge in [-0.1, -0.05) is 0 Å². The van der Waals surface area contributed by atoms with Crippen molar-refractivity contribution in [1.29, 1.82) is 0 Å². The van der Waals surface area contributed by atoms with E-state index in [2.05, 4.69) is 0 Å². The summed E-state index contributed by atoms with van der Waals surface area (Å²) in [4.78, 5) is 12.9. The van der Waals surface area contributed by atoms with E-state index in [9.17, 15) is 4.79 Å². The molecule has 1 fully saturated rings. The molecule has 0 radical (unpaired) electrons. The molecule has 0 aromatic rings. The Morgan fingerprint density at radius 3 is 2.40 bits per heavy atom. The first-order valence-electron chi connectivity index (χ1n) is 5.21. The Bertz CT molecular complexity index is 233. The highest BCUT2D eigenvalue weighted by Crippen LogP contribution is 2.13. The number of carboxylic acid groups (broad SMARTS) is 1. The molecule has 1 heterocycles. The molecule has 0 aliphatic carbocycles. The SMILES string of the molecule is C[C@@H]1CN(CC(C)(N)C(=O)O)C[C@H](C)O1. The van der Waals surface area contributed by atoms with Crippen molar-refractivity contribution in [1.82, 2.24) is 4.90 Å². The molecule has 0 spiro atoms. The van der Waals surface area contributed by atoms with Crippen LogP contribution < -0.4 is 5.73 Å². The minimum atomic E-state index is -1.18. The van der Waals surface area contributed by atoms with Gasteiger partial charge in [0.25, 0.3) is 0 Å². The van der Waals surface area contributed by atoms with E-state index in [-0.39, 0.29) is 12.2 Å². The first kappa shape index (κ1) is 12.4. The summed E-state index contributed by atoms with van der Waals surface area (Å²) in [6.07, 6.45) is 0.275. The highest BCUT2D eigenvalue weighted by atomic mass is 16.5. The monoisotopic (exact) mass is 216 g/mol. The lowest BCUT2D eigenvalue weighted by atomic mass is 10.0. The zero-order valence-corrected chi connectivity index (χ0v) is 9.56. The summed E-state index contributed by atoms with van der Waals surface area (Å²) in [5, 5.41) is 8.92. The number of rotatable bonds is 3. The fraction of sp³-hybridized carbons (Fsp3) is 0.900. The molecule has 1 aliphatic rings. The number of morpholine rings is 1. The van der Waals surface area contributed by atoms with Gasteiger partial charge in [-0.3, -0.25) is 9.69 Å². The van der Waals surface area contributed by atoms with E-state index in [4.69, 9.17) is 15.6 Å². The maximum atomic E-state index is 10.9. The van der Waals surface area contributed by atoms with Crippen LogP contribution in [0.4, 0.5) is 0 Å². The van der Waals surface area contributed by atoms with E-state index in [0.717, 1.165) is 13.1 Å². The van der Waals surface area contributed by atoms with Crippen LogP contribution in [-0.2, 0) is 9.53 Å². The summed E-state index contributed by atoms with van der Waals surface area (Å²) in [7, 11) is 0. The molecule has 3 N–H and O–H groups in total. The van der Waals surface area contributed by atoms with E-state index in [1.165, 1.54) is 0 Å². The van der Waals surface area contributed by atoms with Gasteiger partial charge in [0.2, 0.25) is 0 Å². The van der Waals surface area contributed by atoms with E-state index >= 15 is 0 Å². The molecule has 5 heteroatoms. The van der Waals surface area contributed by atoms with Crippen LogP contribution in [0.2, 0.25) is 0 Å². The minimum absolute atomic E-state index is 0.137. The second kappa shape index (κ2) is 4.47. The van der Waals surface area contributed by atoms with Gasteiger partial charge in [-0.25, -0.2) is 0 Å². The van der Waals surface area contributed by atoms with Gasteiger partial charge in [0.1, 0.15) is 5.54 Å². The van der Waals surface area contributed by atoms with Crippen molar-refractivity contribution < 1.29 is 14.6 Å². The van der Waals surface area contributed by atoms with Crippen molar-refractivity contribution in [2.24, 2.45) is 5.73 Å². The van der Waals surface area contributed by atoms with Crippen LogP contribution in [-0.4, -0.2) is 53.4 Å². The molecule has 0 aromatic carbocycles. The molecule has 0 saturated carbocycles. The lowest BCUT2D eigenvalue weighted by molar-refractivity contribution is -0.145. The lowest BCUT2D eigenvalue weighted by Crippen LogP contribution is -2.57. The third kappa shape index (κ3) is 3.44. The molecule has 5 nitrogen and oxygen atoms in total. The quantitative estimate of drug-likeness (QED) is 0.689. The van der Waals surface area contributed by atoms with Crippen molar-refractivity contribution in [3.8, 4) is 0 Å². The molecule has 1 saturated heterocycles. The summed E-state index contributed by atoms with van der Waals surface area (Å²) in [6, 6.07) is 0. The van der Waals surface area contributed by atoms with Crippen molar-refractivity contribution in [2.75, 3.05) is 19.6 Å². The largest absolute Gasteiger partial charge is 0.480 e. The molecule has 88 valence electrons. The second-order valence-corrected chi connectivity index (χ2v) is 4.67. The van der Waals surface area contributed by atoms with Crippen LogP contribution >= 0.6 is 0 Å². The van der Waals surface area contributed by atoms with E-state index in [1.54, 1.807) is 6.92 Å². The number of nitrogens with zero attached hydrogens (tertiary/aromatic N) is 1. The average molecular weight is 216 g/mol. The Kier molecular flexibility index (Phi) is 3.70. The van der Waals surface area contributed by atoms with Crippen molar-refractivity contribution in [2.45, 2.75) is 38.5 Å². The predicted molar refractivity (Wildman–Crippen MR) is 56.7 cm³/mol. The summed E-state index contributed by atoms with van der Waals surface area (Å²) in [6.45, 7) is 7.35. The molecule has 15 heavy (non-hydrogen) atoms. The van der Waals surface area contributed by atoms with Gasteiger partial charge in [0.05, 0.1) is 12.2 Å². The molecule has 0 bridgehead atoms. The number of nitrogens with two attached hydrogens (primary N) is 1. The maximum absolute atomic E-state index is 10.9. The van der Waals surface area contributed by atoms with Crippen molar-refractivity contribution in [3.05, 3.63) is 0 Å². The molecular weight excluding hydrogens is 196 g/mol. The van der Waals surface area contributed by atoms with Gasteiger partial charge >= 0.3 is 5.97 Å². The van der Waals surface area contributed by atoms with Gasteiger partial charge < -0.3 is 15.6 Å². The predicted octanol–water partition coefficient (Wildman–Crippen LogP) is -0.102. The normalized spacial score (nSPS) is 32.3. The maximum Gasteiger partial charge on any atom is 0.324 e. The van der Waals surface area contributed by atoms with Crippen LogP contribution in [0.3, 0.4) is 0 Å². The van der Waals surface area contributed by atoms with Gasteiger partial charge in [-0.05, 0) is 20.8 Å². The smallest absolute Gasteiger partial charge is 0.324 e. The molecule has 0 amide bonds. The minimum Gasteiger partial charge on any atom is -0.480 e. The van der Waals surface area contributed by atoms with Crippen LogP contribution in [0.5, 0.6) is 0 Å². The molecule has 3 atom stereocenters. The molecular formula is C10H20N2O3. The zero-order valence-electron chi connectivity index (χ0n) is 9.56. The summed E-state index contributed by atoms with van der Waals surface area (Å²) in [5.41, 5.74) is 4.52. The Hall–Kier alpha value is -0.650. The standard InChI is InChI=1S/C10H20N2O3/c1-7-4-12(5-8(2)15-7)6-10(3,11)9(13)14/h7-8H,4-6,11H2,1-3H3,(H,13,14)/t7-,8+,10?. The molecule has 1 rings (SSSR count). The van der Waals surface area contributed by atoms with E-state index < -0.39 is 11.5 Å². The average Bonchev–Trinajstić information content (AvgIpc) is 1.99. The van der Waals surface area contributed by atoms with Gasteiger partial charge in [0.15, 0.2) is 0 Å². The second-order valence-electron chi connectivity index (χ2n) is 4.67. The molecule has 1 aliphatic heterocycles. The number of hydrogen-bond donors (Lipinski definition) is 2. The first-order valence-corrected chi connectivity index (χ1v) is 5.21. The summed E-state index contributed by atoms with van der Waals surface area (Å²) in [5.74, 6) is -0.964. The fourth-order valence-corrected chi connectivity index (χ4v) is 1.95. The summed E-state index contributed by atoms with van der Waals surface area (Å²) >= 11 is 0. The number of ether oxygens (including phenoxy) is 1. The third-order valence-electron chi connectivity index (χ3n) is 2.54. The fourth-order valence-electron chi connectivity index (χ4n) is 1.95. The Balaban J connectivity index is 2.54. The lowest BCUT2D eigenvalue weighted by Gasteiger charge is -2.38. The Morgan fingerprint density at radius 2 is 2.00 bits per heavy atom. The first-order chi connectivity index (χ1) is 6.81. The number of aliphatic carboxylic acids is 1. The van der Waals surface area contributed by atoms with E-state index in [0.29, 0.717) is 6.54 Å². The van der Waals surface area contributed by atoms with Crippen LogP contribution in [0.15, 0.2) is 0 Å². The van der Waals surface area contributed by atoms with Crippen LogP contribution in [0.25, 0.3) is 0 Å². The summed E-state index contributed by atoms with van der Waals surface area (Å²) < 4.78 is 5.56. The van der Waals surface area contributed by atoms with Gasteiger partial charge in [-0.15, -0.1) is 0 Å². The topological polar surface area (TPSA) is 75.8 Å². The Morgan fingerprint density at radius 1 is 1.53 bits per heavy atom. The highest BCUT2D eigenvalue weighted by Gasteiger charge is 2.33. The van der Waals surface area contributed by atoms with Crippen LogP contribution in [0.1, 0.15) is 20.8 Å². The number of carbonyl (C=O) groups is 1. The molecule has 0 aromatic heterocycles. The van der Waals surface area contributed by atoms with Crippen LogP contribution in [0, 0.1) is 0 Å². The number of hydrogen-bond acceptors (Lipinski definition) is 4. The highest BCUT2D eigenvalue weighted by molar-refractivity contribution is 5.78. The third-order valence-corrected chi connectivity index (χ3v) is 2.54. The van der Waals surface area contributed by atoms with Gasteiger partial charge in [-0.2, -0.15) is 0 Å². The van der Waals surface area contributed by atoms with Crippen molar-refractivity contribution >= 4 is 5.97 Å². The van der Waals surface area contributed by atoms with Crippen molar-refractivity contribution in [3.63, 3.8) is 0 Å². The van der Waals surface area contributed by atoms with Gasteiger partial charge in [0, 0.05) is 19.6 Å². The molecule has 1 unspecified atom stereocenters.